The number of rotatable bonds is 6. The second-order valence-electron chi connectivity index (χ2n) is 5.06. The summed E-state index contributed by atoms with van der Waals surface area (Å²) >= 11 is 0. The second-order valence-corrected chi connectivity index (χ2v) is 5.06. The van der Waals surface area contributed by atoms with Crippen molar-refractivity contribution in [2.45, 2.75) is 47.0 Å². The van der Waals surface area contributed by atoms with Crippen molar-refractivity contribution in [2.24, 2.45) is 10.8 Å². The maximum atomic E-state index is 11.0. The van der Waals surface area contributed by atoms with Gasteiger partial charge in [0.05, 0.1) is 5.41 Å². The molecule has 0 saturated heterocycles. The number of carboxylic acids is 2. The van der Waals surface area contributed by atoms with E-state index >= 15 is 0 Å². The van der Waals surface area contributed by atoms with Crippen LogP contribution in [-0.4, -0.2) is 22.2 Å². The van der Waals surface area contributed by atoms with Crippen LogP contribution in [0.2, 0.25) is 0 Å². The summed E-state index contributed by atoms with van der Waals surface area (Å²) in [4.78, 5) is 21.4. The summed E-state index contributed by atoms with van der Waals surface area (Å²) in [5, 5.41) is 17.6. The molecule has 0 atom stereocenters. The third-order valence-corrected chi connectivity index (χ3v) is 3.42. The van der Waals surface area contributed by atoms with E-state index in [0.29, 0.717) is 12.8 Å². The fourth-order valence-corrected chi connectivity index (χ4v) is 1.28. The van der Waals surface area contributed by atoms with Gasteiger partial charge >= 0.3 is 11.9 Å². The topological polar surface area (TPSA) is 74.6 Å². The van der Waals surface area contributed by atoms with Gasteiger partial charge in [-0.2, -0.15) is 0 Å². The van der Waals surface area contributed by atoms with Gasteiger partial charge in [0.2, 0.25) is 0 Å². The molecule has 0 fully saturated rings. The molecule has 0 heterocycles. The van der Waals surface area contributed by atoms with Gasteiger partial charge in [0.1, 0.15) is 0 Å². The molecular formula is C11H20O4Zn. The van der Waals surface area contributed by atoms with Gasteiger partial charge in [-0.25, -0.2) is 0 Å². The Kier molecular flexibility index (Phi) is 7.11. The van der Waals surface area contributed by atoms with Crippen LogP contribution in [0.3, 0.4) is 0 Å². The minimum atomic E-state index is -0.845. The van der Waals surface area contributed by atoms with Crippen molar-refractivity contribution in [1.82, 2.24) is 0 Å². The fourth-order valence-electron chi connectivity index (χ4n) is 1.28. The summed E-state index contributed by atoms with van der Waals surface area (Å²) in [6.07, 6.45) is 1.21. The first-order valence-electron chi connectivity index (χ1n) is 5.06. The maximum absolute atomic E-state index is 11.0. The van der Waals surface area contributed by atoms with Gasteiger partial charge < -0.3 is 10.2 Å². The van der Waals surface area contributed by atoms with E-state index in [4.69, 9.17) is 10.2 Å². The minimum Gasteiger partial charge on any atom is -0.481 e. The van der Waals surface area contributed by atoms with Crippen LogP contribution in [0.25, 0.3) is 0 Å². The second kappa shape index (κ2) is 6.34. The maximum Gasteiger partial charge on any atom is 0.309 e. The van der Waals surface area contributed by atoms with Crippen LogP contribution < -0.4 is 0 Å². The van der Waals surface area contributed by atoms with Crippen LogP contribution in [0.4, 0.5) is 0 Å². The normalized spacial score (nSPS) is 11.8. The molecule has 0 amide bonds. The first kappa shape index (κ1) is 17.9. The van der Waals surface area contributed by atoms with Crippen molar-refractivity contribution < 1.29 is 39.3 Å². The number of carboxylic acid groups (broad SMARTS) is 2. The van der Waals surface area contributed by atoms with E-state index in [0.717, 1.165) is 0 Å². The number of aliphatic carboxylic acids is 2. The van der Waals surface area contributed by atoms with Crippen LogP contribution in [0.15, 0.2) is 0 Å². The molecule has 0 unspecified atom stereocenters. The van der Waals surface area contributed by atoms with Gasteiger partial charge in [0, 0.05) is 25.9 Å². The molecule has 2 N–H and O–H groups in total. The average molecular weight is 282 g/mol. The molecule has 0 aromatic carbocycles. The predicted molar refractivity (Wildman–Crippen MR) is 56.7 cm³/mol. The molecule has 0 aliphatic carbocycles. The zero-order valence-electron chi connectivity index (χ0n) is 10.5. The summed E-state index contributed by atoms with van der Waals surface area (Å²) in [5.41, 5.74) is -1.25. The summed E-state index contributed by atoms with van der Waals surface area (Å²) in [6, 6.07) is 0. The molecule has 0 aromatic heterocycles. The summed E-state index contributed by atoms with van der Waals surface area (Å²) in [5.74, 6) is -1.68. The van der Waals surface area contributed by atoms with Crippen molar-refractivity contribution in [3.63, 3.8) is 0 Å². The number of hydrogen-bond donors (Lipinski definition) is 2. The van der Waals surface area contributed by atoms with E-state index in [9.17, 15) is 9.59 Å². The van der Waals surface area contributed by atoms with Crippen LogP contribution in [-0.2, 0) is 29.1 Å². The largest absolute Gasteiger partial charge is 0.481 e. The number of carbonyl (C=O) groups is 2. The first-order chi connectivity index (χ1) is 6.61. The first-order valence-corrected chi connectivity index (χ1v) is 5.06. The van der Waals surface area contributed by atoms with Gasteiger partial charge in [0.15, 0.2) is 0 Å². The van der Waals surface area contributed by atoms with Crippen molar-refractivity contribution in [3.8, 4) is 0 Å². The van der Waals surface area contributed by atoms with E-state index < -0.39 is 22.8 Å². The van der Waals surface area contributed by atoms with Gasteiger partial charge in [-0.05, 0) is 32.1 Å². The Balaban J connectivity index is 0. The van der Waals surface area contributed by atoms with Crippen molar-refractivity contribution in [1.29, 1.82) is 0 Å². The molecule has 0 aliphatic rings. The predicted octanol–water partition coefficient (Wildman–Crippen LogP) is 2.38. The SMILES string of the molecule is CC(C)(CCCC(=O)O)C(C)(C)C(=O)O.[Zn]. The van der Waals surface area contributed by atoms with E-state index in [2.05, 4.69) is 0 Å². The Morgan fingerprint density at radius 3 is 1.81 bits per heavy atom. The third-order valence-electron chi connectivity index (χ3n) is 3.42. The molecule has 5 heteroatoms. The average Bonchev–Trinajstić information content (AvgIpc) is 2.02. The molecule has 90 valence electrons. The van der Waals surface area contributed by atoms with Crippen LogP contribution >= 0.6 is 0 Å². The van der Waals surface area contributed by atoms with E-state index in [-0.39, 0.29) is 25.9 Å². The third kappa shape index (κ3) is 4.60. The van der Waals surface area contributed by atoms with E-state index in [1.165, 1.54) is 0 Å². The zero-order valence-corrected chi connectivity index (χ0v) is 13.5. The minimum absolute atomic E-state index is 0. The van der Waals surface area contributed by atoms with Gasteiger partial charge in [-0.15, -0.1) is 0 Å². The number of hydrogen-bond acceptors (Lipinski definition) is 2. The molecule has 4 nitrogen and oxygen atoms in total. The summed E-state index contributed by atoms with van der Waals surface area (Å²) in [6.45, 7) is 7.08. The quantitative estimate of drug-likeness (QED) is 0.733. The van der Waals surface area contributed by atoms with Gasteiger partial charge in [-0.1, -0.05) is 13.8 Å². The summed E-state index contributed by atoms with van der Waals surface area (Å²) in [7, 11) is 0. The van der Waals surface area contributed by atoms with Gasteiger partial charge in [-0.3, -0.25) is 9.59 Å². The Morgan fingerprint density at radius 2 is 1.50 bits per heavy atom. The van der Waals surface area contributed by atoms with Crippen LogP contribution in [0.1, 0.15) is 47.0 Å². The Bertz CT molecular complexity index is 259. The molecular weight excluding hydrogens is 262 g/mol. The van der Waals surface area contributed by atoms with Gasteiger partial charge in [0.25, 0.3) is 0 Å². The zero-order chi connectivity index (χ0) is 12.3. The fraction of sp³-hybridized carbons (Fsp3) is 0.818. The van der Waals surface area contributed by atoms with E-state index in [1.807, 2.05) is 13.8 Å². The molecule has 0 aromatic rings. The molecule has 16 heavy (non-hydrogen) atoms. The Morgan fingerprint density at radius 1 is 1.06 bits per heavy atom. The molecule has 0 spiro atoms. The van der Waals surface area contributed by atoms with Crippen LogP contribution in [0.5, 0.6) is 0 Å². The molecule has 0 aliphatic heterocycles. The standard InChI is InChI=1S/C11H20O4.Zn/c1-10(2,7-5-6-8(12)13)11(3,4)9(14)15;/h5-7H2,1-4H3,(H,12,13)(H,14,15);. The van der Waals surface area contributed by atoms with Crippen molar-refractivity contribution in [2.75, 3.05) is 0 Å². The van der Waals surface area contributed by atoms with Crippen molar-refractivity contribution in [3.05, 3.63) is 0 Å². The van der Waals surface area contributed by atoms with Crippen molar-refractivity contribution >= 4 is 11.9 Å². The molecule has 0 saturated carbocycles. The van der Waals surface area contributed by atoms with Crippen LogP contribution in [0, 0.1) is 10.8 Å². The molecule has 0 radical (unpaired) electrons. The molecule has 0 rings (SSSR count). The monoisotopic (exact) mass is 280 g/mol. The van der Waals surface area contributed by atoms with E-state index in [1.54, 1.807) is 13.8 Å². The Labute approximate surface area is 109 Å². The molecule has 0 bridgehead atoms. The summed E-state index contributed by atoms with van der Waals surface area (Å²) < 4.78 is 0. The smallest absolute Gasteiger partial charge is 0.309 e. The Hall–Kier alpha value is -0.437.